The van der Waals surface area contributed by atoms with Crippen molar-refractivity contribution in [1.29, 1.82) is 0 Å². The number of anilines is 2. The van der Waals surface area contributed by atoms with Crippen molar-refractivity contribution in [3.8, 4) is 0 Å². The molecule has 2 N–H and O–H groups in total. The van der Waals surface area contributed by atoms with Gasteiger partial charge in [0.1, 0.15) is 11.4 Å². The van der Waals surface area contributed by atoms with E-state index in [2.05, 4.69) is 32.9 Å². The van der Waals surface area contributed by atoms with Crippen molar-refractivity contribution in [2.75, 3.05) is 5.32 Å². The number of halogens is 2. The lowest BCUT2D eigenvalue weighted by molar-refractivity contribution is 0.0697. The molecule has 0 unspecified atom stereocenters. The number of aromatic nitrogens is 1. The maximum Gasteiger partial charge on any atom is 0.339 e. The molecule has 0 aliphatic rings. The minimum absolute atomic E-state index is 0.128. The van der Waals surface area contributed by atoms with Gasteiger partial charge in [-0.2, -0.15) is 0 Å². The number of hydrogen-bond acceptors (Lipinski definition) is 3. The van der Waals surface area contributed by atoms with Gasteiger partial charge in [0.2, 0.25) is 0 Å². The normalized spacial score (nSPS) is 10.1. The summed E-state index contributed by atoms with van der Waals surface area (Å²) in [5.74, 6) is -0.709. The SMILES string of the molecule is O=C(O)c1cccnc1Nc1ccc(Cl)cc1I. The molecule has 18 heavy (non-hydrogen) atoms. The fraction of sp³-hybridized carbons (Fsp3) is 0. The average molecular weight is 375 g/mol. The van der Waals surface area contributed by atoms with Crippen LogP contribution in [0.4, 0.5) is 11.5 Å². The Balaban J connectivity index is 2.37. The van der Waals surface area contributed by atoms with E-state index in [9.17, 15) is 4.79 Å². The predicted octanol–water partition coefficient (Wildman–Crippen LogP) is 3.78. The van der Waals surface area contributed by atoms with Gasteiger partial charge in [-0.3, -0.25) is 0 Å². The Labute approximate surface area is 122 Å². The molecule has 2 rings (SSSR count). The first kappa shape index (κ1) is 13.1. The van der Waals surface area contributed by atoms with Gasteiger partial charge in [0.05, 0.1) is 5.69 Å². The number of aromatic carboxylic acids is 1. The maximum absolute atomic E-state index is 11.0. The second-order valence-electron chi connectivity index (χ2n) is 3.45. The van der Waals surface area contributed by atoms with Gasteiger partial charge in [0.15, 0.2) is 0 Å². The highest BCUT2D eigenvalue weighted by molar-refractivity contribution is 14.1. The quantitative estimate of drug-likeness (QED) is 0.803. The molecule has 1 aromatic heterocycles. The van der Waals surface area contributed by atoms with Crippen molar-refractivity contribution < 1.29 is 9.90 Å². The molecule has 0 aliphatic carbocycles. The van der Waals surface area contributed by atoms with E-state index in [1.165, 1.54) is 12.3 Å². The number of rotatable bonds is 3. The number of carbonyl (C=O) groups is 1. The number of nitrogens with zero attached hydrogens (tertiary/aromatic N) is 1. The molecule has 0 atom stereocenters. The number of nitrogens with one attached hydrogen (secondary N) is 1. The van der Waals surface area contributed by atoms with Crippen LogP contribution in [0.15, 0.2) is 36.5 Å². The summed E-state index contributed by atoms with van der Waals surface area (Å²) in [4.78, 5) is 15.1. The van der Waals surface area contributed by atoms with Crippen LogP contribution in [0.3, 0.4) is 0 Å². The van der Waals surface area contributed by atoms with Gasteiger partial charge >= 0.3 is 5.97 Å². The molecule has 0 saturated heterocycles. The minimum atomic E-state index is -1.02. The van der Waals surface area contributed by atoms with Crippen LogP contribution in [0.1, 0.15) is 10.4 Å². The molecule has 0 aliphatic heterocycles. The second-order valence-corrected chi connectivity index (χ2v) is 5.05. The van der Waals surface area contributed by atoms with Crippen molar-refractivity contribution >= 4 is 51.7 Å². The lowest BCUT2D eigenvalue weighted by atomic mass is 10.2. The molecule has 4 nitrogen and oxygen atoms in total. The Morgan fingerprint density at radius 1 is 1.39 bits per heavy atom. The molecule has 0 bridgehead atoms. The number of pyridine rings is 1. The molecule has 1 aromatic carbocycles. The predicted molar refractivity (Wildman–Crippen MR) is 78.6 cm³/mol. The highest BCUT2D eigenvalue weighted by Gasteiger charge is 2.11. The zero-order chi connectivity index (χ0) is 13.1. The highest BCUT2D eigenvalue weighted by Crippen LogP contribution is 2.26. The Bertz CT molecular complexity index is 604. The minimum Gasteiger partial charge on any atom is -0.478 e. The summed E-state index contributed by atoms with van der Waals surface area (Å²) >= 11 is 7.98. The Kier molecular flexibility index (Phi) is 4.03. The summed E-state index contributed by atoms with van der Waals surface area (Å²) in [5, 5.41) is 12.7. The fourth-order valence-corrected chi connectivity index (χ4v) is 2.40. The zero-order valence-electron chi connectivity index (χ0n) is 9.02. The van der Waals surface area contributed by atoms with Crippen molar-refractivity contribution in [3.63, 3.8) is 0 Å². The first-order valence-corrected chi connectivity index (χ1v) is 6.44. The largest absolute Gasteiger partial charge is 0.478 e. The molecule has 0 radical (unpaired) electrons. The van der Waals surface area contributed by atoms with E-state index in [-0.39, 0.29) is 5.56 Å². The molecule has 0 fully saturated rings. The van der Waals surface area contributed by atoms with Gasteiger partial charge in [-0.25, -0.2) is 9.78 Å². The first-order chi connectivity index (χ1) is 8.58. The van der Waals surface area contributed by atoms with Crippen LogP contribution in [-0.2, 0) is 0 Å². The third-order valence-corrected chi connectivity index (χ3v) is 3.35. The van der Waals surface area contributed by atoms with E-state index >= 15 is 0 Å². The average Bonchev–Trinajstić information content (AvgIpc) is 2.33. The van der Waals surface area contributed by atoms with Gasteiger partial charge in [-0.15, -0.1) is 0 Å². The van der Waals surface area contributed by atoms with E-state index in [1.54, 1.807) is 24.3 Å². The van der Waals surface area contributed by atoms with Crippen molar-refractivity contribution in [1.82, 2.24) is 4.98 Å². The molecular formula is C12H8ClIN2O2. The summed E-state index contributed by atoms with van der Waals surface area (Å²) in [6.07, 6.45) is 1.54. The number of carboxylic acids is 1. The number of carboxylic acid groups (broad SMARTS) is 1. The van der Waals surface area contributed by atoms with Gasteiger partial charge in [0.25, 0.3) is 0 Å². The number of hydrogen-bond donors (Lipinski definition) is 2. The van der Waals surface area contributed by atoms with Crippen LogP contribution in [0.25, 0.3) is 0 Å². The molecule has 6 heteroatoms. The monoisotopic (exact) mass is 374 g/mol. The summed E-state index contributed by atoms with van der Waals surface area (Å²) in [5.41, 5.74) is 0.893. The van der Waals surface area contributed by atoms with E-state index in [4.69, 9.17) is 16.7 Å². The Morgan fingerprint density at radius 3 is 2.83 bits per heavy atom. The summed E-state index contributed by atoms with van der Waals surface area (Å²) in [6, 6.07) is 8.38. The molecule has 92 valence electrons. The van der Waals surface area contributed by atoms with E-state index in [0.29, 0.717) is 10.8 Å². The topological polar surface area (TPSA) is 62.2 Å². The standard InChI is InChI=1S/C12H8ClIN2O2/c13-7-3-4-10(9(14)6-7)16-11-8(12(17)18)2-1-5-15-11/h1-6H,(H,15,16)(H,17,18). The van der Waals surface area contributed by atoms with Crippen LogP contribution in [0.2, 0.25) is 5.02 Å². The number of benzene rings is 1. The lowest BCUT2D eigenvalue weighted by Crippen LogP contribution is -2.05. The first-order valence-electron chi connectivity index (χ1n) is 4.98. The maximum atomic E-state index is 11.0. The molecule has 0 saturated carbocycles. The van der Waals surface area contributed by atoms with Crippen LogP contribution in [0.5, 0.6) is 0 Å². The third kappa shape index (κ3) is 2.91. The summed E-state index contributed by atoms with van der Waals surface area (Å²) < 4.78 is 0.891. The van der Waals surface area contributed by atoms with Gasteiger partial charge in [0, 0.05) is 14.8 Å². The van der Waals surface area contributed by atoms with E-state index in [1.807, 2.05) is 0 Å². The van der Waals surface area contributed by atoms with E-state index < -0.39 is 5.97 Å². The van der Waals surface area contributed by atoms with Crippen molar-refractivity contribution in [2.24, 2.45) is 0 Å². The molecule has 0 spiro atoms. The molecule has 2 aromatic rings. The lowest BCUT2D eigenvalue weighted by Gasteiger charge is -2.10. The van der Waals surface area contributed by atoms with Gasteiger partial charge in [-0.05, 0) is 52.9 Å². The summed E-state index contributed by atoms with van der Waals surface area (Å²) in [6.45, 7) is 0. The van der Waals surface area contributed by atoms with Gasteiger partial charge < -0.3 is 10.4 Å². The summed E-state index contributed by atoms with van der Waals surface area (Å²) in [7, 11) is 0. The highest BCUT2D eigenvalue weighted by atomic mass is 127. The smallest absolute Gasteiger partial charge is 0.339 e. The Morgan fingerprint density at radius 2 is 2.17 bits per heavy atom. The molecular weight excluding hydrogens is 367 g/mol. The Hall–Kier alpha value is -1.34. The van der Waals surface area contributed by atoms with Gasteiger partial charge in [-0.1, -0.05) is 11.6 Å². The van der Waals surface area contributed by atoms with Crippen LogP contribution >= 0.6 is 34.2 Å². The molecule has 1 heterocycles. The second kappa shape index (κ2) is 5.53. The molecule has 0 amide bonds. The zero-order valence-corrected chi connectivity index (χ0v) is 11.9. The van der Waals surface area contributed by atoms with Crippen LogP contribution < -0.4 is 5.32 Å². The van der Waals surface area contributed by atoms with Crippen molar-refractivity contribution in [3.05, 3.63) is 50.7 Å². The van der Waals surface area contributed by atoms with Crippen LogP contribution in [0, 0.1) is 3.57 Å². The third-order valence-electron chi connectivity index (χ3n) is 2.22. The van der Waals surface area contributed by atoms with E-state index in [0.717, 1.165) is 9.26 Å². The van der Waals surface area contributed by atoms with Crippen LogP contribution in [-0.4, -0.2) is 16.1 Å². The van der Waals surface area contributed by atoms with Crippen molar-refractivity contribution in [2.45, 2.75) is 0 Å². The fourth-order valence-electron chi connectivity index (χ4n) is 1.40.